The molecule has 0 unspecified atom stereocenters. The van der Waals surface area contributed by atoms with E-state index in [4.69, 9.17) is 9.97 Å². The number of aromatic nitrogens is 2. The minimum Gasteiger partial charge on any atom is -0.357 e. The van der Waals surface area contributed by atoms with Crippen molar-refractivity contribution >= 4 is 46.0 Å². The van der Waals surface area contributed by atoms with Gasteiger partial charge in [0.15, 0.2) is 11.6 Å². The molecule has 0 atom stereocenters. The van der Waals surface area contributed by atoms with Crippen LogP contribution in [-0.4, -0.2) is 36.0 Å². The van der Waals surface area contributed by atoms with Crippen LogP contribution in [0.3, 0.4) is 0 Å². The van der Waals surface area contributed by atoms with Crippen molar-refractivity contribution in [2.24, 2.45) is 0 Å². The van der Waals surface area contributed by atoms with Crippen molar-refractivity contribution in [1.29, 1.82) is 0 Å². The highest BCUT2D eigenvalue weighted by Crippen LogP contribution is 2.30. The zero-order chi connectivity index (χ0) is 17.2. The number of thiophene rings is 1. The van der Waals surface area contributed by atoms with Gasteiger partial charge in [-0.25, -0.2) is 9.97 Å². The van der Waals surface area contributed by atoms with Gasteiger partial charge < -0.3 is 4.90 Å². The summed E-state index contributed by atoms with van der Waals surface area (Å²) in [5.74, 6) is 1.34. The van der Waals surface area contributed by atoms with E-state index in [-0.39, 0.29) is 5.91 Å². The van der Waals surface area contributed by atoms with E-state index < -0.39 is 0 Å². The lowest BCUT2D eigenvalue weighted by molar-refractivity contribution is -0.114. The number of anilines is 2. The number of nitrogens with zero attached hydrogens (tertiary/aromatic N) is 4. The molecule has 6 heteroatoms. The van der Waals surface area contributed by atoms with Crippen molar-refractivity contribution in [3.05, 3.63) is 52.7 Å². The highest BCUT2D eigenvalue weighted by atomic mass is 32.1. The molecule has 1 amide bonds. The maximum atomic E-state index is 12.8. The Morgan fingerprint density at radius 1 is 1.08 bits per heavy atom. The molecule has 126 valence electrons. The van der Waals surface area contributed by atoms with Crippen LogP contribution >= 0.6 is 11.3 Å². The fraction of sp³-hybridized carbons (Fsp3) is 0.211. The van der Waals surface area contributed by atoms with E-state index in [1.165, 1.54) is 0 Å². The average molecular weight is 350 g/mol. The summed E-state index contributed by atoms with van der Waals surface area (Å²) in [6.07, 6.45) is 4.36. The van der Waals surface area contributed by atoms with E-state index >= 15 is 0 Å². The third kappa shape index (κ3) is 3.13. The first kappa shape index (κ1) is 15.8. The lowest BCUT2D eigenvalue weighted by atomic mass is 10.3. The fourth-order valence-electron chi connectivity index (χ4n) is 2.94. The standard InChI is InChI=1S/C19H18N4OS/c1-22-11-5-12-23(17(24)10-9-14-6-4-13-25-14)19-18(22)20-15-7-2-3-8-16(15)21-19/h2-4,6-10,13H,5,11-12H2,1H3. The number of rotatable bonds is 2. The molecular weight excluding hydrogens is 332 g/mol. The second-order valence-electron chi connectivity index (χ2n) is 5.97. The number of para-hydroxylation sites is 2. The van der Waals surface area contributed by atoms with E-state index in [1.807, 2.05) is 54.9 Å². The first-order valence-corrected chi connectivity index (χ1v) is 9.11. The van der Waals surface area contributed by atoms with Gasteiger partial charge in [-0.1, -0.05) is 18.2 Å². The summed E-state index contributed by atoms with van der Waals surface area (Å²) in [6, 6.07) is 11.7. The Morgan fingerprint density at radius 3 is 2.56 bits per heavy atom. The van der Waals surface area contributed by atoms with E-state index in [0.717, 1.165) is 34.7 Å². The number of hydrogen-bond donors (Lipinski definition) is 0. The van der Waals surface area contributed by atoms with Crippen LogP contribution < -0.4 is 9.80 Å². The quantitative estimate of drug-likeness (QED) is 0.663. The van der Waals surface area contributed by atoms with Crippen LogP contribution in [-0.2, 0) is 4.79 Å². The molecule has 3 heterocycles. The first-order chi connectivity index (χ1) is 12.2. The van der Waals surface area contributed by atoms with Gasteiger partial charge in [-0.05, 0) is 36.1 Å². The largest absolute Gasteiger partial charge is 0.357 e. The molecule has 4 rings (SSSR count). The molecule has 0 aliphatic carbocycles. The van der Waals surface area contributed by atoms with Gasteiger partial charge in [0.25, 0.3) is 5.91 Å². The molecule has 0 bridgehead atoms. The Morgan fingerprint density at radius 2 is 1.84 bits per heavy atom. The molecule has 0 N–H and O–H groups in total. The third-order valence-corrected chi connectivity index (χ3v) is 5.06. The highest BCUT2D eigenvalue weighted by molar-refractivity contribution is 7.10. The maximum absolute atomic E-state index is 12.8. The van der Waals surface area contributed by atoms with Crippen molar-refractivity contribution in [3.8, 4) is 0 Å². The molecule has 0 fully saturated rings. The Labute approximate surface area is 150 Å². The summed E-state index contributed by atoms with van der Waals surface area (Å²) in [5.41, 5.74) is 1.65. The summed E-state index contributed by atoms with van der Waals surface area (Å²) in [5, 5.41) is 2.00. The summed E-state index contributed by atoms with van der Waals surface area (Å²) in [7, 11) is 2.00. The molecule has 5 nitrogen and oxygen atoms in total. The van der Waals surface area contributed by atoms with Crippen molar-refractivity contribution in [2.75, 3.05) is 29.9 Å². The van der Waals surface area contributed by atoms with E-state index in [0.29, 0.717) is 12.4 Å². The van der Waals surface area contributed by atoms with E-state index in [1.54, 1.807) is 22.3 Å². The Hall–Kier alpha value is -2.73. The highest BCUT2D eigenvalue weighted by Gasteiger charge is 2.25. The molecule has 1 aliphatic heterocycles. The SMILES string of the molecule is CN1CCCN(C(=O)C=Cc2cccs2)c2nc3ccccc3nc21. The van der Waals surface area contributed by atoms with Crippen LogP contribution in [0.5, 0.6) is 0 Å². The van der Waals surface area contributed by atoms with Gasteiger partial charge in [-0.15, -0.1) is 11.3 Å². The normalized spacial score (nSPS) is 14.8. The Balaban J connectivity index is 1.75. The third-order valence-electron chi connectivity index (χ3n) is 4.23. The van der Waals surface area contributed by atoms with Gasteiger partial charge in [-0.2, -0.15) is 0 Å². The molecule has 0 radical (unpaired) electrons. The van der Waals surface area contributed by atoms with Crippen molar-refractivity contribution < 1.29 is 4.79 Å². The van der Waals surface area contributed by atoms with Crippen LogP contribution in [0.1, 0.15) is 11.3 Å². The molecule has 25 heavy (non-hydrogen) atoms. The van der Waals surface area contributed by atoms with Gasteiger partial charge in [0.1, 0.15) is 0 Å². The number of benzene rings is 1. The summed E-state index contributed by atoms with van der Waals surface area (Å²) < 4.78 is 0. The zero-order valence-electron chi connectivity index (χ0n) is 13.9. The van der Waals surface area contributed by atoms with Gasteiger partial charge in [0.2, 0.25) is 0 Å². The second kappa shape index (κ2) is 6.64. The molecular formula is C19H18N4OS. The van der Waals surface area contributed by atoms with E-state index in [9.17, 15) is 4.79 Å². The first-order valence-electron chi connectivity index (χ1n) is 8.23. The maximum Gasteiger partial charge on any atom is 0.252 e. The molecule has 0 saturated carbocycles. The number of hydrogen-bond acceptors (Lipinski definition) is 5. The smallest absolute Gasteiger partial charge is 0.252 e. The fourth-order valence-corrected chi connectivity index (χ4v) is 3.56. The van der Waals surface area contributed by atoms with E-state index in [2.05, 4.69) is 4.90 Å². The molecule has 0 saturated heterocycles. The lowest BCUT2D eigenvalue weighted by Gasteiger charge is -2.21. The molecule has 0 spiro atoms. The summed E-state index contributed by atoms with van der Waals surface area (Å²) in [6.45, 7) is 1.48. The molecule has 1 aromatic carbocycles. The predicted molar refractivity (Wildman–Crippen MR) is 103 cm³/mol. The van der Waals surface area contributed by atoms with Gasteiger partial charge in [0, 0.05) is 31.1 Å². The van der Waals surface area contributed by atoms with Crippen molar-refractivity contribution in [2.45, 2.75) is 6.42 Å². The van der Waals surface area contributed by atoms with Gasteiger partial charge >= 0.3 is 0 Å². The summed E-state index contributed by atoms with van der Waals surface area (Å²) >= 11 is 1.61. The lowest BCUT2D eigenvalue weighted by Crippen LogP contribution is -2.30. The average Bonchev–Trinajstić information content (AvgIpc) is 3.10. The number of carbonyl (C=O) groups excluding carboxylic acids is 1. The van der Waals surface area contributed by atoms with Crippen LogP contribution in [0.4, 0.5) is 11.6 Å². The predicted octanol–water partition coefficient (Wildman–Crippen LogP) is 3.58. The minimum atomic E-state index is -0.0606. The van der Waals surface area contributed by atoms with Crippen LogP contribution in [0, 0.1) is 0 Å². The second-order valence-corrected chi connectivity index (χ2v) is 6.95. The summed E-state index contributed by atoms with van der Waals surface area (Å²) in [4.78, 5) is 27.2. The van der Waals surface area contributed by atoms with Crippen LogP contribution in [0.15, 0.2) is 47.9 Å². The molecule has 1 aliphatic rings. The Bertz CT molecular complexity index is 936. The monoisotopic (exact) mass is 350 g/mol. The van der Waals surface area contributed by atoms with Crippen molar-refractivity contribution in [1.82, 2.24) is 9.97 Å². The topological polar surface area (TPSA) is 49.3 Å². The van der Waals surface area contributed by atoms with Gasteiger partial charge in [0.05, 0.1) is 11.0 Å². The zero-order valence-corrected chi connectivity index (χ0v) is 14.7. The van der Waals surface area contributed by atoms with Crippen LogP contribution in [0.2, 0.25) is 0 Å². The Kier molecular flexibility index (Phi) is 4.19. The molecule has 3 aromatic rings. The minimum absolute atomic E-state index is 0.0606. The molecule has 2 aromatic heterocycles. The number of carbonyl (C=O) groups is 1. The van der Waals surface area contributed by atoms with Crippen LogP contribution in [0.25, 0.3) is 17.1 Å². The number of amides is 1. The van der Waals surface area contributed by atoms with Gasteiger partial charge in [-0.3, -0.25) is 9.69 Å². The van der Waals surface area contributed by atoms with Crippen molar-refractivity contribution in [3.63, 3.8) is 0 Å². The number of fused-ring (bicyclic) bond motifs is 2.